The Labute approximate surface area is 135 Å². The van der Waals surface area contributed by atoms with Crippen LogP contribution in [0.3, 0.4) is 0 Å². The second kappa shape index (κ2) is 7.41. The van der Waals surface area contributed by atoms with Gasteiger partial charge in [0.1, 0.15) is 0 Å². The summed E-state index contributed by atoms with van der Waals surface area (Å²) >= 11 is 3.54. The van der Waals surface area contributed by atoms with Gasteiger partial charge >= 0.3 is 0 Å². The molecule has 1 fully saturated rings. The van der Waals surface area contributed by atoms with Gasteiger partial charge in [0.15, 0.2) is 0 Å². The highest BCUT2D eigenvalue weighted by Gasteiger charge is 2.33. The molecule has 1 aliphatic rings. The molecule has 21 heavy (non-hydrogen) atoms. The standard InChI is InChI=1S/C17H25BrN2O/c1-13(14-7-3-4-8-15(14)18)20-16(21)11-17(12-19)9-5-2-6-10-17/h3-4,7-8,13H,2,5-6,9-12,19H2,1H3,(H,20,21)/t13-/m1/s1. The van der Waals surface area contributed by atoms with Crippen molar-refractivity contribution in [3.8, 4) is 0 Å². The monoisotopic (exact) mass is 352 g/mol. The van der Waals surface area contributed by atoms with Crippen LogP contribution in [0.4, 0.5) is 0 Å². The molecule has 0 unspecified atom stereocenters. The van der Waals surface area contributed by atoms with Gasteiger partial charge in [-0.2, -0.15) is 0 Å². The second-order valence-electron chi connectivity index (χ2n) is 6.25. The van der Waals surface area contributed by atoms with E-state index < -0.39 is 0 Å². The van der Waals surface area contributed by atoms with E-state index in [2.05, 4.69) is 21.2 Å². The number of nitrogens with one attached hydrogen (secondary N) is 1. The lowest BCUT2D eigenvalue weighted by Crippen LogP contribution is -2.39. The molecule has 3 nitrogen and oxygen atoms in total. The molecule has 1 atom stereocenters. The van der Waals surface area contributed by atoms with Gasteiger partial charge in [0.05, 0.1) is 6.04 Å². The zero-order valence-corrected chi connectivity index (χ0v) is 14.3. The van der Waals surface area contributed by atoms with Gasteiger partial charge in [-0.05, 0) is 43.4 Å². The molecule has 1 aromatic rings. The maximum absolute atomic E-state index is 12.4. The van der Waals surface area contributed by atoms with Gasteiger partial charge in [-0.25, -0.2) is 0 Å². The van der Waals surface area contributed by atoms with Gasteiger partial charge in [0.25, 0.3) is 0 Å². The van der Waals surface area contributed by atoms with Crippen LogP contribution in [-0.4, -0.2) is 12.5 Å². The first-order valence-corrected chi connectivity index (χ1v) is 8.59. The summed E-state index contributed by atoms with van der Waals surface area (Å²) in [5, 5.41) is 3.12. The number of rotatable bonds is 5. The smallest absolute Gasteiger partial charge is 0.221 e. The first-order chi connectivity index (χ1) is 10.1. The summed E-state index contributed by atoms with van der Waals surface area (Å²) in [6.07, 6.45) is 6.39. The average molecular weight is 353 g/mol. The molecule has 0 radical (unpaired) electrons. The van der Waals surface area contributed by atoms with E-state index in [4.69, 9.17) is 5.73 Å². The third-order valence-corrected chi connectivity index (χ3v) is 5.35. The minimum atomic E-state index is 0.00601. The Kier molecular flexibility index (Phi) is 5.82. The van der Waals surface area contributed by atoms with E-state index in [-0.39, 0.29) is 17.4 Å². The van der Waals surface area contributed by atoms with E-state index in [9.17, 15) is 4.79 Å². The predicted molar refractivity (Wildman–Crippen MR) is 89.9 cm³/mol. The van der Waals surface area contributed by atoms with E-state index in [1.807, 2.05) is 31.2 Å². The Morgan fingerprint density at radius 1 is 1.33 bits per heavy atom. The largest absolute Gasteiger partial charge is 0.350 e. The number of carbonyl (C=O) groups is 1. The number of hydrogen-bond donors (Lipinski definition) is 2. The molecule has 0 aliphatic heterocycles. The van der Waals surface area contributed by atoms with Crippen molar-refractivity contribution in [1.29, 1.82) is 0 Å². The molecule has 1 aromatic carbocycles. The Hall–Kier alpha value is -0.870. The third-order valence-electron chi connectivity index (χ3n) is 4.63. The highest BCUT2D eigenvalue weighted by Crippen LogP contribution is 2.38. The minimum absolute atomic E-state index is 0.00601. The van der Waals surface area contributed by atoms with Gasteiger partial charge in [-0.15, -0.1) is 0 Å². The van der Waals surface area contributed by atoms with E-state index in [1.165, 1.54) is 19.3 Å². The number of hydrogen-bond acceptors (Lipinski definition) is 2. The fourth-order valence-electron chi connectivity index (χ4n) is 3.29. The molecule has 0 aromatic heterocycles. The van der Waals surface area contributed by atoms with E-state index in [0.29, 0.717) is 13.0 Å². The summed E-state index contributed by atoms with van der Waals surface area (Å²) < 4.78 is 1.03. The molecule has 0 spiro atoms. The van der Waals surface area contributed by atoms with Crippen molar-refractivity contribution >= 4 is 21.8 Å². The Bertz CT molecular complexity index is 483. The number of nitrogens with two attached hydrogens (primary N) is 1. The Morgan fingerprint density at radius 2 is 2.00 bits per heavy atom. The molecule has 1 saturated carbocycles. The van der Waals surface area contributed by atoms with Crippen LogP contribution in [0.25, 0.3) is 0 Å². The van der Waals surface area contributed by atoms with Crippen molar-refractivity contribution in [2.75, 3.05) is 6.54 Å². The molecular weight excluding hydrogens is 328 g/mol. The fourth-order valence-corrected chi connectivity index (χ4v) is 3.92. The molecule has 0 bridgehead atoms. The van der Waals surface area contributed by atoms with Crippen molar-refractivity contribution in [3.05, 3.63) is 34.3 Å². The van der Waals surface area contributed by atoms with Crippen LogP contribution in [0, 0.1) is 5.41 Å². The third kappa shape index (κ3) is 4.30. The lowest BCUT2D eigenvalue weighted by Gasteiger charge is -2.36. The van der Waals surface area contributed by atoms with Crippen molar-refractivity contribution in [1.82, 2.24) is 5.32 Å². The zero-order valence-electron chi connectivity index (χ0n) is 12.7. The Balaban J connectivity index is 1.96. The van der Waals surface area contributed by atoms with Gasteiger partial charge in [0.2, 0.25) is 5.91 Å². The topological polar surface area (TPSA) is 55.1 Å². The molecule has 1 amide bonds. The summed E-state index contributed by atoms with van der Waals surface area (Å²) in [5.74, 6) is 0.116. The van der Waals surface area contributed by atoms with Crippen molar-refractivity contribution < 1.29 is 4.79 Å². The Morgan fingerprint density at radius 3 is 2.62 bits per heavy atom. The van der Waals surface area contributed by atoms with Crippen LogP contribution in [0.15, 0.2) is 28.7 Å². The molecule has 1 aliphatic carbocycles. The number of benzene rings is 1. The van der Waals surface area contributed by atoms with Crippen LogP contribution < -0.4 is 11.1 Å². The lowest BCUT2D eigenvalue weighted by atomic mass is 9.71. The van der Waals surface area contributed by atoms with Crippen LogP contribution in [0.2, 0.25) is 0 Å². The number of amides is 1. The molecule has 116 valence electrons. The molecule has 0 heterocycles. The van der Waals surface area contributed by atoms with Gasteiger partial charge in [-0.3, -0.25) is 4.79 Å². The number of carbonyl (C=O) groups excluding carboxylic acids is 1. The summed E-state index contributed by atoms with van der Waals surface area (Å²) in [5.41, 5.74) is 7.10. The maximum Gasteiger partial charge on any atom is 0.221 e. The average Bonchev–Trinajstić information content (AvgIpc) is 2.48. The van der Waals surface area contributed by atoms with Crippen molar-refractivity contribution in [2.24, 2.45) is 11.1 Å². The first kappa shape index (κ1) is 16.5. The summed E-state index contributed by atoms with van der Waals surface area (Å²) in [6.45, 7) is 2.64. The normalized spacial score (nSPS) is 19.0. The highest BCUT2D eigenvalue weighted by molar-refractivity contribution is 9.10. The van der Waals surface area contributed by atoms with E-state index >= 15 is 0 Å². The predicted octanol–water partition coefficient (Wildman–Crippen LogP) is 3.93. The summed E-state index contributed by atoms with van der Waals surface area (Å²) in [7, 11) is 0. The first-order valence-electron chi connectivity index (χ1n) is 7.80. The minimum Gasteiger partial charge on any atom is -0.350 e. The SMILES string of the molecule is C[C@@H](NC(=O)CC1(CN)CCCCC1)c1ccccc1Br. The van der Waals surface area contributed by atoms with E-state index in [1.54, 1.807) is 0 Å². The summed E-state index contributed by atoms with van der Waals surface area (Å²) in [6, 6.07) is 8.01. The van der Waals surface area contributed by atoms with Gasteiger partial charge in [0, 0.05) is 10.9 Å². The molecule has 2 rings (SSSR count). The highest BCUT2D eigenvalue weighted by atomic mass is 79.9. The van der Waals surface area contributed by atoms with Gasteiger partial charge in [-0.1, -0.05) is 53.4 Å². The summed E-state index contributed by atoms with van der Waals surface area (Å²) in [4.78, 5) is 12.4. The lowest BCUT2D eigenvalue weighted by molar-refractivity contribution is -0.124. The quantitative estimate of drug-likeness (QED) is 0.843. The van der Waals surface area contributed by atoms with Crippen LogP contribution in [0.5, 0.6) is 0 Å². The molecule has 4 heteroatoms. The fraction of sp³-hybridized carbons (Fsp3) is 0.588. The van der Waals surface area contributed by atoms with E-state index in [0.717, 1.165) is 22.9 Å². The van der Waals surface area contributed by atoms with Crippen molar-refractivity contribution in [2.45, 2.75) is 51.5 Å². The molecular formula is C17H25BrN2O. The second-order valence-corrected chi connectivity index (χ2v) is 7.11. The molecule has 3 N–H and O–H groups in total. The van der Waals surface area contributed by atoms with Crippen molar-refractivity contribution in [3.63, 3.8) is 0 Å². The van der Waals surface area contributed by atoms with Crippen LogP contribution in [-0.2, 0) is 4.79 Å². The zero-order chi connectivity index (χ0) is 15.3. The van der Waals surface area contributed by atoms with Crippen LogP contribution in [0.1, 0.15) is 57.1 Å². The number of halogens is 1. The maximum atomic E-state index is 12.4. The molecule has 0 saturated heterocycles. The van der Waals surface area contributed by atoms with Crippen LogP contribution >= 0.6 is 15.9 Å². The van der Waals surface area contributed by atoms with Gasteiger partial charge < -0.3 is 11.1 Å².